The van der Waals surface area contributed by atoms with Crippen LogP contribution in [0.5, 0.6) is 0 Å². The summed E-state index contributed by atoms with van der Waals surface area (Å²) < 4.78 is 7.49. The Morgan fingerprint density at radius 3 is 2.93 bits per heavy atom. The van der Waals surface area contributed by atoms with Crippen LogP contribution >= 0.6 is 11.6 Å². The fraction of sp³-hybridized carbons (Fsp3) is 0.800. The molecule has 1 fully saturated rings. The SMILES string of the molecule is Cc1nnc(Cl)n1CC1CCOC(C)C1. The zero-order valence-electron chi connectivity index (χ0n) is 9.11. The Bertz CT molecular complexity index is 320. The quantitative estimate of drug-likeness (QED) is 0.780. The van der Waals surface area contributed by atoms with Crippen LogP contribution in [0.2, 0.25) is 5.28 Å². The van der Waals surface area contributed by atoms with Crippen LogP contribution in [0, 0.1) is 12.8 Å². The first-order valence-electron chi connectivity index (χ1n) is 5.33. The molecule has 2 unspecified atom stereocenters. The fourth-order valence-electron chi connectivity index (χ4n) is 2.08. The predicted octanol–water partition coefficient (Wildman–Crippen LogP) is 2.06. The van der Waals surface area contributed by atoms with Gasteiger partial charge in [-0.15, -0.1) is 10.2 Å². The Kier molecular flexibility index (Phi) is 3.26. The maximum atomic E-state index is 5.96. The fourth-order valence-corrected chi connectivity index (χ4v) is 2.31. The van der Waals surface area contributed by atoms with Gasteiger partial charge in [0, 0.05) is 13.2 Å². The Morgan fingerprint density at radius 2 is 2.33 bits per heavy atom. The van der Waals surface area contributed by atoms with E-state index in [1.54, 1.807) is 0 Å². The van der Waals surface area contributed by atoms with Gasteiger partial charge < -0.3 is 9.30 Å². The van der Waals surface area contributed by atoms with Crippen LogP contribution in [0.3, 0.4) is 0 Å². The number of rotatable bonds is 2. The van der Waals surface area contributed by atoms with Crippen LogP contribution in [-0.4, -0.2) is 27.5 Å². The number of ether oxygens (including phenoxy) is 1. The predicted molar refractivity (Wildman–Crippen MR) is 57.9 cm³/mol. The molecule has 2 heterocycles. The molecule has 4 nitrogen and oxygen atoms in total. The van der Waals surface area contributed by atoms with Crippen molar-refractivity contribution in [3.8, 4) is 0 Å². The van der Waals surface area contributed by atoms with E-state index in [0.29, 0.717) is 17.3 Å². The minimum Gasteiger partial charge on any atom is -0.378 e. The third-order valence-corrected chi connectivity index (χ3v) is 3.20. The van der Waals surface area contributed by atoms with Gasteiger partial charge in [0.05, 0.1) is 6.10 Å². The summed E-state index contributed by atoms with van der Waals surface area (Å²) in [5.41, 5.74) is 0. The van der Waals surface area contributed by atoms with Crippen molar-refractivity contribution in [3.63, 3.8) is 0 Å². The summed E-state index contributed by atoms with van der Waals surface area (Å²) in [5.74, 6) is 1.51. The molecule has 0 spiro atoms. The average Bonchev–Trinajstić information content (AvgIpc) is 2.50. The van der Waals surface area contributed by atoms with Crippen LogP contribution in [0.4, 0.5) is 0 Å². The second-order valence-corrected chi connectivity index (χ2v) is 4.54. The molecule has 0 saturated carbocycles. The molecule has 15 heavy (non-hydrogen) atoms. The summed E-state index contributed by atoms with van der Waals surface area (Å²) in [6.45, 7) is 5.81. The molecule has 0 radical (unpaired) electrons. The Balaban J connectivity index is 2.02. The lowest BCUT2D eigenvalue weighted by Gasteiger charge is -2.27. The van der Waals surface area contributed by atoms with Crippen LogP contribution in [-0.2, 0) is 11.3 Å². The molecule has 0 amide bonds. The van der Waals surface area contributed by atoms with E-state index in [9.17, 15) is 0 Å². The van der Waals surface area contributed by atoms with Crippen molar-refractivity contribution >= 4 is 11.6 Å². The largest absolute Gasteiger partial charge is 0.378 e. The molecule has 84 valence electrons. The smallest absolute Gasteiger partial charge is 0.225 e. The van der Waals surface area contributed by atoms with Gasteiger partial charge in [0.2, 0.25) is 5.28 Å². The molecule has 2 atom stereocenters. The Hall–Kier alpha value is -0.610. The monoisotopic (exact) mass is 229 g/mol. The summed E-state index contributed by atoms with van der Waals surface area (Å²) in [7, 11) is 0. The van der Waals surface area contributed by atoms with E-state index in [0.717, 1.165) is 31.8 Å². The standard InChI is InChI=1S/C10H16ClN3O/c1-7-5-9(3-4-15-7)6-14-8(2)12-13-10(14)11/h7,9H,3-6H2,1-2H3. The molecule has 0 aromatic carbocycles. The highest BCUT2D eigenvalue weighted by atomic mass is 35.5. The molecule has 1 aliphatic heterocycles. The molecule has 1 aromatic heterocycles. The lowest BCUT2D eigenvalue weighted by atomic mass is 9.96. The lowest BCUT2D eigenvalue weighted by molar-refractivity contribution is -0.00116. The maximum absolute atomic E-state index is 5.96. The Labute approximate surface area is 94.6 Å². The molecule has 1 saturated heterocycles. The molecular formula is C10H16ClN3O. The van der Waals surface area contributed by atoms with E-state index in [2.05, 4.69) is 17.1 Å². The summed E-state index contributed by atoms with van der Waals surface area (Å²) in [5, 5.41) is 8.29. The molecule has 5 heteroatoms. The minimum absolute atomic E-state index is 0.360. The van der Waals surface area contributed by atoms with E-state index in [4.69, 9.17) is 16.3 Å². The topological polar surface area (TPSA) is 39.9 Å². The average molecular weight is 230 g/mol. The number of nitrogens with zero attached hydrogens (tertiary/aromatic N) is 3. The number of aryl methyl sites for hydroxylation is 1. The zero-order valence-corrected chi connectivity index (χ0v) is 9.87. The van der Waals surface area contributed by atoms with Crippen LogP contribution in [0.1, 0.15) is 25.6 Å². The van der Waals surface area contributed by atoms with Crippen molar-refractivity contribution in [2.24, 2.45) is 5.92 Å². The van der Waals surface area contributed by atoms with E-state index in [1.807, 2.05) is 11.5 Å². The zero-order chi connectivity index (χ0) is 10.8. The van der Waals surface area contributed by atoms with Gasteiger partial charge in [-0.1, -0.05) is 0 Å². The van der Waals surface area contributed by atoms with Crippen LogP contribution in [0.25, 0.3) is 0 Å². The first kappa shape index (κ1) is 10.9. The van der Waals surface area contributed by atoms with Gasteiger partial charge in [-0.05, 0) is 44.2 Å². The highest BCUT2D eigenvalue weighted by Gasteiger charge is 2.21. The maximum Gasteiger partial charge on any atom is 0.225 e. The van der Waals surface area contributed by atoms with Crippen molar-refractivity contribution in [1.29, 1.82) is 0 Å². The van der Waals surface area contributed by atoms with Gasteiger partial charge in [0.25, 0.3) is 0 Å². The summed E-state index contributed by atoms with van der Waals surface area (Å²) in [6.07, 6.45) is 2.55. The summed E-state index contributed by atoms with van der Waals surface area (Å²) >= 11 is 5.96. The van der Waals surface area contributed by atoms with Gasteiger partial charge in [0.1, 0.15) is 5.82 Å². The van der Waals surface area contributed by atoms with Crippen molar-refractivity contribution in [2.45, 2.75) is 39.3 Å². The highest BCUT2D eigenvalue weighted by molar-refractivity contribution is 6.28. The van der Waals surface area contributed by atoms with Gasteiger partial charge in [-0.2, -0.15) is 0 Å². The second kappa shape index (κ2) is 4.49. The molecule has 1 aliphatic rings. The van der Waals surface area contributed by atoms with Crippen molar-refractivity contribution < 1.29 is 4.74 Å². The van der Waals surface area contributed by atoms with Gasteiger partial charge in [0.15, 0.2) is 0 Å². The second-order valence-electron chi connectivity index (χ2n) is 4.20. The highest BCUT2D eigenvalue weighted by Crippen LogP contribution is 2.23. The van der Waals surface area contributed by atoms with Crippen molar-refractivity contribution in [3.05, 3.63) is 11.1 Å². The molecule has 0 aliphatic carbocycles. The number of hydrogen-bond donors (Lipinski definition) is 0. The summed E-state index contributed by atoms with van der Waals surface area (Å²) in [4.78, 5) is 0. The first-order valence-corrected chi connectivity index (χ1v) is 5.71. The minimum atomic E-state index is 0.360. The van der Waals surface area contributed by atoms with Crippen LogP contribution in [0.15, 0.2) is 0 Å². The van der Waals surface area contributed by atoms with E-state index in [1.165, 1.54) is 0 Å². The molecule has 2 rings (SSSR count). The third kappa shape index (κ3) is 2.49. The summed E-state index contributed by atoms with van der Waals surface area (Å²) in [6, 6.07) is 0. The van der Waals surface area contributed by atoms with E-state index in [-0.39, 0.29) is 0 Å². The van der Waals surface area contributed by atoms with Gasteiger partial charge in [-0.25, -0.2) is 0 Å². The first-order chi connectivity index (χ1) is 7.16. The molecule has 0 N–H and O–H groups in total. The van der Waals surface area contributed by atoms with Crippen molar-refractivity contribution in [1.82, 2.24) is 14.8 Å². The van der Waals surface area contributed by atoms with Crippen LogP contribution < -0.4 is 0 Å². The number of halogens is 1. The lowest BCUT2D eigenvalue weighted by Crippen LogP contribution is -2.26. The number of aromatic nitrogens is 3. The molecular weight excluding hydrogens is 214 g/mol. The van der Waals surface area contributed by atoms with Crippen molar-refractivity contribution in [2.75, 3.05) is 6.61 Å². The van der Waals surface area contributed by atoms with Gasteiger partial charge in [-0.3, -0.25) is 0 Å². The normalized spacial score (nSPS) is 26.9. The number of hydrogen-bond acceptors (Lipinski definition) is 3. The van der Waals surface area contributed by atoms with E-state index >= 15 is 0 Å². The van der Waals surface area contributed by atoms with Gasteiger partial charge >= 0.3 is 0 Å². The Morgan fingerprint density at radius 1 is 1.53 bits per heavy atom. The molecule has 0 bridgehead atoms. The molecule has 1 aromatic rings. The third-order valence-electron chi connectivity index (χ3n) is 2.93. The van der Waals surface area contributed by atoms with E-state index < -0.39 is 0 Å².